The summed E-state index contributed by atoms with van der Waals surface area (Å²) in [5, 5.41) is 12.2. The Morgan fingerprint density at radius 2 is 2.05 bits per heavy atom. The first kappa shape index (κ1) is 14.2. The molecule has 0 amide bonds. The number of hydrogen-bond acceptors (Lipinski definition) is 3. The maximum atomic E-state index is 13.5. The smallest absolute Gasteiger partial charge is 0.125 e. The molecule has 3 nitrogen and oxygen atoms in total. The van der Waals surface area contributed by atoms with E-state index >= 15 is 0 Å². The fraction of sp³-hybridized carbons (Fsp3) is 0.250. The number of hydrogen-bond donors (Lipinski definition) is 1. The third-order valence-electron chi connectivity index (χ3n) is 2.91. The van der Waals surface area contributed by atoms with Gasteiger partial charge in [-0.25, -0.2) is 4.39 Å². The van der Waals surface area contributed by atoms with Crippen LogP contribution in [0.4, 0.5) is 4.39 Å². The molecule has 0 saturated carbocycles. The van der Waals surface area contributed by atoms with E-state index in [2.05, 4.69) is 17.2 Å². The summed E-state index contributed by atoms with van der Waals surface area (Å²) in [5.74, 6) is -0.409. The first-order valence-corrected chi connectivity index (χ1v) is 6.58. The van der Waals surface area contributed by atoms with E-state index < -0.39 is 5.82 Å². The monoisotopic (exact) mass is 269 g/mol. The van der Waals surface area contributed by atoms with Crippen LogP contribution < -0.4 is 5.32 Å². The molecule has 0 aliphatic carbocycles. The molecule has 0 atom stereocenters. The van der Waals surface area contributed by atoms with Gasteiger partial charge in [0.1, 0.15) is 5.82 Å². The first-order valence-electron chi connectivity index (χ1n) is 6.58. The quantitative estimate of drug-likeness (QED) is 0.847. The predicted molar refractivity (Wildman–Crippen MR) is 76.3 cm³/mol. The molecule has 0 aliphatic rings. The lowest BCUT2D eigenvalue weighted by molar-refractivity contribution is 0.628. The van der Waals surface area contributed by atoms with Gasteiger partial charge in [0.15, 0.2) is 0 Å². The summed E-state index contributed by atoms with van der Waals surface area (Å²) in [4.78, 5) is 4.18. The molecule has 1 aromatic heterocycles. The fourth-order valence-electron chi connectivity index (χ4n) is 1.97. The summed E-state index contributed by atoms with van der Waals surface area (Å²) in [5.41, 5.74) is 2.84. The average molecular weight is 269 g/mol. The van der Waals surface area contributed by atoms with Gasteiger partial charge in [0.05, 0.1) is 11.6 Å². The topological polar surface area (TPSA) is 48.7 Å². The lowest BCUT2D eigenvalue weighted by atomic mass is 10.0. The van der Waals surface area contributed by atoms with Gasteiger partial charge >= 0.3 is 0 Å². The molecule has 2 aromatic rings. The highest BCUT2D eigenvalue weighted by atomic mass is 19.1. The Kier molecular flexibility index (Phi) is 4.80. The molecule has 0 saturated heterocycles. The van der Waals surface area contributed by atoms with Gasteiger partial charge in [-0.1, -0.05) is 6.92 Å². The van der Waals surface area contributed by atoms with Crippen LogP contribution in [0.15, 0.2) is 36.7 Å². The van der Waals surface area contributed by atoms with E-state index in [-0.39, 0.29) is 0 Å². The van der Waals surface area contributed by atoms with Crippen LogP contribution >= 0.6 is 0 Å². The van der Waals surface area contributed by atoms with Gasteiger partial charge < -0.3 is 5.32 Å². The van der Waals surface area contributed by atoms with Crippen LogP contribution in [0.3, 0.4) is 0 Å². The summed E-state index contributed by atoms with van der Waals surface area (Å²) in [6, 6.07) is 8.24. The van der Waals surface area contributed by atoms with Gasteiger partial charge in [0.2, 0.25) is 0 Å². The number of halogens is 1. The highest BCUT2D eigenvalue weighted by Crippen LogP contribution is 2.22. The van der Waals surface area contributed by atoms with Gasteiger partial charge in [-0.15, -0.1) is 0 Å². The van der Waals surface area contributed by atoms with Crippen molar-refractivity contribution in [3.63, 3.8) is 0 Å². The average Bonchev–Trinajstić information content (AvgIpc) is 2.47. The molecule has 0 radical (unpaired) electrons. The van der Waals surface area contributed by atoms with Crippen molar-refractivity contribution in [3.05, 3.63) is 53.6 Å². The molecule has 0 fully saturated rings. The van der Waals surface area contributed by atoms with Gasteiger partial charge in [-0.2, -0.15) is 5.26 Å². The Morgan fingerprint density at radius 1 is 1.20 bits per heavy atom. The van der Waals surface area contributed by atoms with E-state index in [4.69, 9.17) is 5.26 Å². The minimum atomic E-state index is -0.409. The molecule has 0 aliphatic heterocycles. The fourth-order valence-corrected chi connectivity index (χ4v) is 1.97. The van der Waals surface area contributed by atoms with Crippen molar-refractivity contribution in [2.24, 2.45) is 0 Å². The number of aromatic nitrogens is 1. The predicted octanol–water partition coefficient (Wildman–Crippen LogP) is 3.26. The lowest BCUT2D eigenvalue weighted by Crippen LogP contribution is -2.13. The van der Waals surface area contributed by atoms with Crippen molar-refractivity contribution in [2.75, 3.05) is 6.54 Å². The maximum absolute atomic E-state index is 13.5. The van der Waals surface area contributed by atoms with Crippen molar-refractivity contribution in [3.8, 4) is 17.2 Å². The molecular formula is C16H16FN3. The summed E-state index contributed by atoms with van der Waals surface area (Å²) in [6.07, 6.45) is 4.54. The second kappa shape index (κ2) is 6.78. The van der Waals surface area contributed by atoms with Crippen molar-refractivity contribution in [1.29, 1.82) is 5.26 Å². The summed E-state index contributed by atoms with van der Waals surface area (Å²) < 4.78 is 13.5. The zero-order valence-electron chi connectivity index (χ0n) is 11.4. The van der Waals surface area contributed by atoms with Crippen LogP contribution in [0, 0.1) is 17.1 Å². The van der Waals surface area contributed by atoms with Crippen molar-refractivity contribution in [1.82, 2.24) is 10.3 Å². The van der Waals surface area contributed by atoms with Crippen LogP contribution in [0.5, 0.6) is 0 Å². The molecule has 4 heteroatoms. The third-order valence-corrected chi connectivity index (χ3v) is 2.91. The lowest BCUT2D eigenvalue weighted by Gasteiger charge is -2.06. The highest BCUT2D eigenvalue weighted by molar-refractivity contribution is 5.65. The van der Waals surface area contributed by atoms with Crippen LogP contribution in [0.2, 0.25) is 0 Å². The van der Waals surface area contributed by atoms with Gasteiger partial charge in [-0.05, 0) is 48.4 Å². The van der Waals surface area contributed by atoms with Gasteiger partial charge in [-0.3, -0.25) is 4.98 Å². The number of nitrogens with zero attached hydrogens (tertiary/aromatic N) is 2. The Morgan fingerprint density at radius 3 is 2.80 bits per heavy atom. The summed E-state index contributed by atoms with van der Waals surface area (Å²) >= 11 is 0. The molecule has 1 N–H and O–H groups in total. The Balaban J connectivity index is 2.26. The second-order valence-electron chi connectivity index (χ2n) is 4.60. The van der Waals surface area contributed by atoms with E-state index in [1.807, 2.05) is 12.1 Å². The molecular weight excluding hydrogens is 253 g/mol. The van der Waals surface area contributed by atoms with E-state index in [0.29, 0.717) is 11.1 Å². The largest absolute Gasteiger partial charge is 0.313 e. The number of pyridine rings is 1. The second-order valence-corrected chi connectivity index (χ2v) is 4.60. The molecule has 102 valence electrons. The first-order chi connectivity index (χ1) is 9.72. The van der Waals surface area contributed by atoms with Crippen molar-refractivity contribution < 1.29 is 4.39 Å². The number of nitriles is 1. The summed E-state index contributed by atoms with van der Waals surface area (Å²) in [6.45, 7) is 3.79. The van der Waals surface area contributed by atoms with E-state index in [1.165, 1.54) is 12.1 Å². The van der Waals surface area contributed by atoms with Crippen molar-refractivity contribution >= 4 is 0 Å². The van der Waals surface area contributed by atoms with Crippen LogP contribution in [0.25, 0.3) is 11.1 Å². The van der Waals surface area contributed by atoms with Crippen LogP contribution in [0.1, 0.15) is 24.5 Å². The maximum Gasteiger partial charge on any atom is 0.125 e. The Bertz CT molecular complexity index is 632. The van der Waals surface area contributed by atoms with Crippen LogP contribution in [-0.4, -0.2) is 11.5 Å². The third kappa shape index (κ3) is 3.62. The van der Waals surface area contributed by atoms with Gasteiger partial charge in [0, 0.05) is 24.5 Å². The van der Waals surface area contributed by atoms with Crippen molar-refractivity contribution in [2.45, 2.75) is 19.9 Å². The molecule has 0 spiro atoms. The summed E-state index contributed by atoms with van der Waals surface area (Å²) in [7, 11) is 0. The Hall–Kier alpha value is -2.25. The molecule has 0 unspecified atom stereocenters. The molecule has 1 aromatic carbocycles. The SMILES string of the molecule is CCCNCc1cncc(-c2cc(F)cc(C#N)c2)c1. The minimum absolute atomic E-state index is 0.314. The standard InChI is InChI=1S/C16H16FN3/c1-2-3-19-9-13-5-15(11-20-10-13)14-4-12(8-18)6-16(17)7-14/h4-7,10-11,19H,2-3,9H2,1H3. The van der Waals surface area contributed by atoms with E-state index in [9.17, 15) is 4.39 Å². The Labute approximate surface area is 118 Å². The highest BCUT2D eigenvalue weighted by Gasteiger charge is 2.04. The molecule has 2 rings (SSSR count). The minimum Gasteiger partial charge on any atom is -0.313 e. The number of benzene rings is 1. The normalized spacial score (nSPS) is 10.2. The number of nitrogens with one attached hydrogen (secondary N) is 1. The number of rotatable bonds is 5. The van der Waals surface area contributed by atoms with E-state index in [0.717, 1.165) is 30.6 Å². The van der Waals surface area contributed by atoms with Gasteiger partial charge in [0.25, 0.3) is 0 Å². The zero-order chi connectivity index (χ0) is 14.4. The molecule has 0 bridgehead atoms. The van der Waals surface area contributed by atoms with Crippen LogP contribution in [-0.2, 0) is 6.54 Å². The zero-order valence-corrected chi connectivity index (χ0v) is 11.4. The van der Waals surface area contributed by atoms with E-state index in [1.54, 1.807) is 18.5 Å². The molecule has 1 heterocycles. The molecule has 20 heavy (non-hydrogen) atoms.